The Kier molecular flexibility index (Phi) is 1.74. The van der Waals surface area contributed by atoms with Crippen LogP contribution in [-0.2, 0) is 10.3 Å². The minimum atomic E-state index is -0.836. The molecule has 2 aromatic rings. The molecule has 1 aliphatic carbocycles. The average Bonchev–Trinajstić information content (AvgIpc) is 2.64. The van der Waals surface area contributed by atoms with Gasteiger partial charge in [-0.3, -0.25) is 14.3 Å². The normalized spacial score (nSPS) is 29.2. The van der Waals surface area contributed by atoms with Crippen molar-refractivity contribution >= 4 is 17.0 Å². The van der Waals surface area contributed by atoms with Gasteiger partial charge in [0.25, 0.3) is 5.91 Å². The van der Waals surface area contributed by atoms with Gasteiger partial charge in [0.2, 0.25) is 0 Å². The van der Waals surface area contributed by atoms with Crippen LogP contribution in [0.15, 0.2) is 39.9 Å². The van der Waals surface area contributed by atoms with E-state index < -0.39 is 11.3 Å². The van der Waals surface area contributed by atoms with Crippen molar-refractivity contribution in [3.8, 4) is 0 Å². The molecular formula is C13H11N3O3. The highest BCUT2D eigenvalue weighted by atomic mass is 16.4. The van der Waals surface area contributed by atoms with E-state index in [9.17, 15) is 9.59 Å². The molecule has 3 aliphatic rings. The predicted molar refractivity (Wildman–Crippen MR) is 66.2 cm³/mol. The Bertz CT molecular complexity index is 780. The van der Waals surface area contributed by atoms with Crippen LogP contribution in [-0.4, -0.2) is 15.5 Å². The molecule has 2 saturated heterocycles. The molecule has 5 rings (SSSR count). The van der Waals surface area contributed by atoms with Crippen LogP contribution in [0.1, 0.15) is 12.8 Å². The Labute approximate surface area is 107 Å². The van der Waals surface area contributed by atoms with E-state index in [2.05, 4.69) is 16.9 Å². The maximum atomic E-state index is 12.3. The van der Waals surface area contributed by atoms with Crippen LogP contribution < -0.4 is 11.1 Å². The molecule has 6 heteroatoms. The zero-order valence-corrected chi connectivity index (χ0v) is 10.0. The van der Waals surface area contributed by atoms with E-state index in [1.807, 2.05) is 0 Å². The lowest BCUT2D eigenvalue weighted by atomic mass is 9.63. The lowest BCUT2D eigenvalue weighted by Gasteiger charge is -2.51. The molecule has 0 aromatic carbocycles. The number of oxazole rings is 1. The standard InChI is InChI=1S/C13H11N3O3/c1-7-8-4-13(5-8,11(17)15-7)16-9-6-14-3-2-10(9)19-12(16)18/h2-3,6,8H,1,4-5H2,(H,15,17). The van der Waals surface area contributed by atoms with Gasteiger partial charge in [0.15, 0.2) is 5.58 Å². The maximum Gasteiger partial charge on any atom is 0.420 e. The van der Waals surface area contributed by atoms with Crippen LogP contribution in [0.4, 0.5) is 0 Å². The van der Waals surface area contributed by atoms with Crippen LogP contribution in [0.5, 0.6) is 0 Å². The van der Waals surface area contributed by atoms with E-state index >= 15 is 0 Å². The number of nitrogens with one attached hydrogen (secondary N) is 1. The number of pyridine rings is 1. The Morgan fingerprint density at radius 2 is 2.26 bits per heavy atom. The molecular weight excluding hydrogens is 246 g/mol. The van der Waals surface area contributed by atoms with E-state index in [0.29, 0.717) is 23.9 Å². The fourth-order valence-electron chi connectivity index (χ4n) is 3.11. The number of hydrogen-bond donors (Lipinski definition) is 1. The molecule has 96 valence electrons. The second kappa shape index (κ2) is 3.14. The highest BCUT2D eigenvalue weighted by Crippen LogP contribution is 2.50. The van der Waals surface area contributed by atoms with Crippen molar-refractivity contribution in [1.82, 2.24) is 14.9 Å². The quantitative estimate of drug-likeness (QED) is 0.817. The maximum absolute atomic E-state index is 12.3. The monoisotopic (exact) mass is 257 g/mol. The first-order valence-electron chi connectivity index (χ1n) is 6.08. The van der Waals surface area contributed by atoms with Gasteiger partial charge in [0.1, 0.15) is 11.1 Å². The summed E-state index contributed by atoms with van der Waals surface area (Å²) in [5.74, 6) is -0.455. The number of carbonyl (C=O) groups is 1. The smallest absolute Gasteiger partial charge is 0.408 e. The summed E-state index contributed by atoms with van der Waals surface area (Å²) in [6.45, 7) is 3.83. The zero-order valence-electron chi connectivity index (χ0n) is 10.0. The molecule has 2 aliphatic heterocycles. The first kappa shape index (κ1) is 10.5. The first-order chi connectivity index (χ1) is 9.12. The molecule has 1 saturated carbocycles. The van der Waals surface area contributed by atoms with Gasteiger partial charge in [0, 0.05) is 23.9 Å². The number of nitrogens with zero attached hydrogens (tertiary/aromatic N) is 2. The van der Waals surface area contributed by atoms with Gasteiger partial charge in [-0.2, -0.15) is 0 Å². The molecule has 2 aromatic heterocycles. The number of hydrogen-bond acceptors (Lipinski definition) is 4. The molecule has 6 nitrogen and oxygen atoms in total. The third-order valence-electron chi connectivity index (χ3n) is 4.17. The van der Waals surface area contributed by atoms with Crippen LogP contribution in [0.25, 0.3) is 11.1 Å². The highest BCUT2D eigenvalue weighted by Gasteiger charge is 2.58. The fraction of sp³-hybridized carbons (Fsp3) is 0.308. The number of aromatic nitrogens is 2. The minimum absolute atomic E-state index is 0.186. The van der Waals surface area contributed by atoms with Crippen molar-refractivity contribution in [2.24, 2.45) is 5.92 Å². The number of carbonyl (C=O) groups excluding carboxylic acids is 1. The van der Waals surface area contributed by atoms with Gasteiger partial charge in [-0.15, -0.1) is 0 Å². The van der Waals surface area contributed by atoms with Gasteiger partial charge < -0.3 is 9.73 Å². The Balaban J connectivity index is 1.97. The molecule has 2 bridgehead atoms. The molecule has 4 heterocycles. The SMILES string of the molecule is C=C1NC(=O)C2(n3c(=O)oc4ccncc43)CC1C2. The second-order valence-electron chi connectivity index (χ2n) is 5.16. The van der Waals surface area contributed by atoms with Gasteiger partial charge in [-0.1, -0.05) is 6.58 Å². The lowest BCUT2D eigenvalue weighted by molar-refractivity contribution is -0.140. The summed E-state index contributed by atoms with van der Waals surface area (Å²) in [7, 11) is 0. The fourth-order valence-corrected chi connectivity index (χ4v) is 3.11. The van der Waals surface area contributed by atoms with Crippen molar-refractivity contribution in [3.05, 3.63) is 41.3 Å². The van der Waals surface area contributed by atoms with E-state index in [-0.39, 0.29) is 11.8 Å². The molecule has 19 heavy (non-hydrogen) atoms. The average molecular weight is 257 g/mol. The molecule has 1 amide bonds. The number of rotatable bonds is 1. The summed E-state index contributed by atoms with van der Waals surface area (Å²) >= 11 is 0. The molecule has 0 radical (unpaired) electrons. The van der Waals surface area contributed by atoms with Gasteiger partial charge in [-0.25, -0.2) is 4.79 Å². The number of amides is 1. The summed E-state index contributed by atoms with van der Waals surface area (Å²) < 4.78 is 6.62. The number of piperidine rings is 2. The summed E-state index contributed by atoms with van der Waals surface area (Å²) in [5, 5.41) is 2.74. The number of fused-ring (bicyclic) bond motifs is 3. The van der Waals surface area contributed by atoms with E-state index in [0.717, 1.165) is 5.70 Å². The Morgan fingerprint density at radius 3 is 3.00 bits per heavy atom. The molecule has 0 unspecified atom stereocenters. The van der Waals surface area contributed by atoms with Crippen molar-refractivity contribution in [1.29, 1.82) is 0 Å². The predicted octanol–water partition coefficient (Wildman–Crippen LogP) is 0.738. The van der Waals surface area contributed by atoms with Crippen molar-refractivity contribution in [3.63, 3.8) is 0 Å². The van der Waals surface area contributed by atoms with Crippen LogP contribution in [0, 0.1) is 5.92 Å². The molecule has 0 spiro atoms. The van der Waals surface area contributed by atoms with Gasteiger partial charge in [-0.05, 0) is 12.8 Å². The van der Waals surface area contributed by atoms with Crippen molar-refractivity contribution < 1.29 is 9.21 Å². The lowest BCUT2D eigenvalue weighted by Crippen LogP contribution is -2.64. The summed E-state index contributed by atoms with van der Waals surface area (Å²) in [6.07, 6.45) is 4.31. The van der Waals surface area contributed by atoms with Crippen LogP contribution in [0.3, 0.4) is 0 Å². The Hall–Kier alpha value is -2.37. The largest absolute Gasteiger partial charge is 0.420 e. The van der Waals surface area contributed by atoms with Crippen molar-refractivity contribution in [2.45, 2.75) is 18.4 Å². The zero-order chi connectivity index (χ0) is 13.2. The van der Waals surface area contributed by atoms with Crippen molar-refractivity contribution in [2.75, 3.05) is 0 Å². The summed E-state index contributed by atoms with van der Waals surface area (Å²) in [6, 6.07) is 1.62. The van der Waals surface area contributed by atoms with E-state index in [1.165, 1.54) is 4.57 Å². The molecule has 3 fully saturated rings. The molecule has 1 N–H and O–H groups in total. The van der Waals surface area contributed by atoms with Crippen LogP contribution in [0.2, 0.25) is 0 Å². The second-order valence-corrected chi connectivity index (χ2v) is 5.16. The molecule has 0 atom stereocenters. The third kappa shape index (κ3) is 1.13. The summed E-state index contributed by atoms with van der Waals surface area (Å²) in [4.78, 5) is 28.3. The Morgan fingerprint density at radius 1 is 1.47 bits per heavy atom. The van der Waals surface area contributed by atoms with Crippen LogP contribution >= 0.6 is 0 Å². The first-order valence-corrected chi connectivity index (χ1v) is 6.08. The third-order valence-corrected chi connectivity index (χ3v) is 4.17. The van der Waals surface area contributed by atoms with Gasteiger partial charge in [0.05, 0.1) is 6.20 Å². The highest BCUT2D eigenvalue weighted by molar-refractivity contribution is 5.91. The van der Waals surface area contributed by atoms with E-state index in [4.69, 9.17) is 4.42 Å². The van der Waals surface area contributed by atoms with Gasteiger partial charge >= 0.3 is 5.76 Å². The minimum Gasteiger partial charge on any atom is -0.408 e. The van der Waals surface area contributed by atoms with E-state index in [1.54, 1.807) is 18.5 Å². The topological polar surface area (TPSA) is 77.1 Å². The number of allylic oxidation sites excluding steroid dienone is 1. The summed E-state index contributed by atoms with van der Waals surface area (Å²) in [5.41, 5.74) is 0.923.